The van der Waals surface area contributed by atoms with Gasteiger partial charge in [0, 0.05) is 0 Å². The number of benzene rings is 1. The Hall–Kier alpha value is -1.51. The molecule has 5 rings (SSSR count). The Morgan fingerprint density at radius 3 is 2.23 bits per heavy atom. The van der Waals surface area contributed by atoms with Crippen molar-refractivity contribution in [2.24, 2.45) is 29.1 Å². The van der Waals surface area contributed by atoms with Crippen LogP contribution < -0.4 is 4.74 Å². The third-order valence-corrected chi connectivity index (χ3v) is 8.96. The Morgan fingerprint density at radius 2 is 1.68 bits per heavy atom. The van der Waals surface area contributed by atoms with Crippen molar-refractivity contribution in [3.8, 4) is 5.75 Å². The van der Waals surface area contributed by atoms with Gasteiger partial charge in [-0.2, -0.15) is 0 Å². The van der Waals surface area contributed by atoms with Gasteiger partial charge in [0.15, 0.2) is 6.61 Å². The third kappa shape index (κ3) is 4.52. The minimum atomic E-state index is -0.271. The molecule has 0 N–H and O–H groups in total. The predicted molar refractivity (Wildman–Crippen MR) is 125 cm³/mol. The molecule has 0 radical (unpaired) electrons. The molecule has 0 spiro atoms. The summed E-state index contributed by atoms with van der Waals surface area (Å²) in [5, 5.41) is 0. The summed E-state index contributed by atoms with van der Waals surface area (Å²) in [5.41, 5.74) is 1.51. The zero-order valence-corrected chi connectivity index (χ0v) is 20.3. The standard InChI is InChI=1S/C28H42O3/c1-6-19(3)14-28(23-12-21-13-24(28)17-27(5,15-21)16-23)31-26(29)18-30-25-10-8-22(9-11-25)20(4)7-2/h8-11,19-21,23-24H,6-7,12-18H2,1-5H3. The molecule has 0 heterocycles. The van der Waals surface area contributed by atoms with Crippen LogP contribution in [-0.4, -0.2) is 18.2 Å². The molecule has 1 aromatic rings. The lowest BCUT2D eigenvalue weighted by Gasteiger charge is -2.64. The largest absolute Gasteiger partial charge is 0.482 e. The Bertz CT molecular complexity index is 751. The Morgan fingerprint density at radius 1 is 1.03 bits per heavy atom. The van der Waals surface area contributed by atoms with E-state index in [-0.39, 0.29) is 18.2 Å². The summed E-state index contributed by atoms with van der Waals surface area (Å²) in [6.45, 7) is 11.5. The number of carbonyl (C=O) groups is 1. The van der Waals surface area contributed by atoms with Gasteiger partial charge in [-0.1, -0.05) is 53.2 Å². The molecule has 4 aliphatic carbocycles. The highest BCUT2D eigenvalue weighted by Gasteiger charge is 2.62. The van der Waals surface area contributed by atoms with Gasteiger partial charge in [-0.05, 0) is 97.6 Å². The summed E-state index contributed by atoms with van der Waals surface area (Å²) < 4.78 is 12.3. The van der Waals surface area contributed by atoms with E-state index in [0.29, 0.717) is 29.1 Å². The van der Waals surface area contributed by atoms with E-state index >= 15 is 0 Å². The first-order valence-electron chi connectivity index (χ1n) is 12.7. The lowest BCUT2D eigenvalue weighted by Crippen LogP contribution is -2.62. The van der Waals surface area contributed by atoms with Gasteiger partial charge in [-0.3, -0.25) is 0 Å². The van der Waals surface area contributed by atoms with E-state index in [1.165, 1.54) is 37.7 Å². The average molecular weight is 427 g/mol. The third-order valence-electron chi connectivity index (χ3n) is 8.96. The Labute approximate surface area is 189 Å². The summed E-state index contributed by atoms with van der Waals surface area (Å²) in [7, 11) is 0. The molecule has 3 nitrogen and oxygen atoms in total. The number of hydrogen-bond donors (Lipinski definition) is 0. The highest BCUT2D eigenvalue weighted by molar-refractivity contribution is 5.71. The number of carbonyl (C=O) groups excluding carboxylic acids is 1. The van der Waals surface area contributed by atoms with Crippen molar-refractivity contribution in [1.29, 1.82) is 0 Å². The Balaban J connectivity index is 1.44. The molecule has 3 heteroatoms. The van der Waals surface area contributed by atoms with Gasteiger partial charge < -0.3 is 9.47 Å². The van der Waals surface area contributed by atoms with Crippen LogP contribution in [0.1, 0.15) is 97.5 Å². The number of esters is 1. The van der Waals surface area contributed by atoms with Crippen LogP contribution in [0.3, 0.4) is 0 Å². The maximum atomic E-state index is 13.0. The number of ether oxygens (including phenoxy) is 2. The van der Waals surface area contributed by atoms with Crippen LogP contribution in [0, 0.1) is 29.1 Å². The first kappa shape index (κ1) is 22.7. The van der Waals surface area contributed by atoms with Crippen molar-refractivity contribution in [2.75, 3.05) is 6.61 Å². The topological polar surface area (TPSA) is 35.5 Å². The normalized spacial score (nSPS) is 35.6. The second-order valence-corrected chi connectivity index (χ2v) is 11.5. The quantitative estimate of drug-likeness (QED) is 0.394. The fraction of sp³-hybridized carbons (Fsp3) is 0.750. The van der Waals surface area contributed by atoms with Crippen molar-refractivity contribution in [1.82, 2.24) is 0 Å². The van der Waals surface area contributed by atoms with Crippen LogP contribution in [0.2, 0.25) is 0 Å². The molecule has 4 unspecified atom stereocenters. The second kappa shape index (κ2) is 8.79. The summed E-state index contributed by atoms with van der Waals surface area (Å²) in [5.74, 6) is 3.56. The van der Waals surface area contributed by atoms with E-state index in [0.717, 1.165) is 30.9 Å². The molecule has 4 fully saturated rings. The summed E-state index contributed by atoms with van der Waals surface area (Å²) in [6, 6.07) is 8.18. The molecule has 4 atom stereocenters. The van der Waals surface area contributed by atoms with E-state index in [1.54, 1.807) is 0 Å². The number of hydrogen-bond acceptors (Lipinski definition) is 3. The predicted octanol–water partition coefficient (Wildman–Crippen LogP) is 7.14. The van der Waals surface area contributed by atoms with Gasteiger partial charge in [-0.25, -0.2) is 4.79 Å². The molecule has 4 saturated carbocycles. The lowest BCUT2D eigenvalue weighted by atomic mass is 9.44. The maximum Gasteiger partial charge on any atom is 0.344 e. The van der Waals surface area contributed by atoms with Crippen LogP contribution in [0.15, 0.2) is 24.3 Å². The van der Waals surface area contributed by atoms with Gasteiger partial charge in [0.1, 0.15) is 11.4 Å². The van der Waals surface area contributed by atoms with Crippen LogP contribution in [0.4, 0.5) is 0 Å². The van der Waals surface area contributed by atoms with Crippen LogP contribution in [0.25, 0.3) is 0 Å². The first-order chi connectivity index (χ1) is 14.8. The SMILES string of the molecule is CCC(C)CC1(OC(=O)COc2ccc(C(C)CC)cc2)C2CC3CC1CC(C)(C3)C2. The van der Waals surface area contributed by atoms with E-state index in [9.17, 15) is 4.79 Å². The lowest BCUT2D eigenvalue weighted by molar-refractivity contribution is -0.229. The molecule has 172 valence electrons. The maximum absolute atomic E-state index is 13.0. The molecular formula is C28H42O3. The molecule has 0 aromatic heterocycles. The van der Waals surface area contributed by atoms with Gasteiger partial charge in [0.05, 0.1) is 0 Å². The highest BCUT2D eigenvalue weighted by atomic mass is 16.6. The van der Waals surface area contributed by atoms with Crippen LogP contribution >= 0.6 is 0 Å². The monoisotopic (exact) mass is 426 g/mol. The van der Waals surface area contributed by atoms with Gasteiger partial charge in [0.2, 0.25) is 0 Å². The molecule has 4 aliphatic rings. The molecule has 0 saturated heterocycles. The molecular weight excluding hydrogens is 384 g/mol. The average Bonchev–Trinajstić information content (AvgIpc) is 2.74. The summed E-state index contributed by atoms with van der Waals surface area (Å²) in [4.78, 5) is 13.0. The van der Waals surface area contributed by atoms with Gasteiger partial charge in [-0.15, -0.1) is 0 Å². The summed E-state index contributed by atoms with van der Waals surface area (Å²) >= 11 is 0. The molecule has 0 aliphatic heterocycles. The highest BCUT2D eigenvalue weighted by Crippen LogP contribution is 2.65. The van der Waals surface area contributed by atoms with Crippen LogP contribution in [0.5, 0.6) is 5.75 Å². The van der Waals surface area contributed by atoms with Crippen molar-refractivity contribution in [2.45, 2.75) is 97.5 Å². The van der Waals surface area contributed by atoms with Crippen molar-refractivity contribution < 1.29 is 14.3 Å². The fourth-order valence-electron chi connectivity index (χ4n) is 7.19. The molecule has 31 heavy (non-hydrogen) atoms. The van der Waals surface area contributed by atoms with E-state index < -0.39 is 0 Å². The Kier molecular flexibility index (Phi) is 6.43. The van der Waals surface area contributed by atoms with Crippen LogP contribution in [-0.2, 0) is 9.53 Å². The van der Waals surface area contributed by atoms with E-state index in [4.69, 9.17) is 9.47 Å². The van der Waals surface area contributed by atoms with Gasteiger partial charge >= 0.3 is 5.97 Å². The molecule has 1 aromatic carbocycles. The van der Waals surface area contributed by atoms with E-state index in [2.05, 4.69) is 46.8 Å². The molecule has 4 bridgehead atoms. The second-order valence-electron chi connectivity index (χ2n) is 11.5. The fourth-order valence-corrected chi connectivity index (χ4v) is 7.19. The number of rotatable bonds is 9. The van der Waals surface area contributed by atoms with Crippen molar-refractivity contribution >= 4 is 5.97 Å². The summed E-state index contributed by atoms with van der Waals surface area (Å²) in [6.07, 6.45) is 9.58. The minimum Gasteiger partial charge on any atom is -0.482 e. The minimum absolute atomic E-state index is 0.00503. The van der Waals surface area contributed by atoms with Gasteiger partial charge in [0.25, 0.3) is 0 Å². The van der Waals surface area contributed by atoms with E-state index in [1.807, 2.05) is 12.1 Å². The zero-order chi connectivity index (χ0) is 22.2. The smallest absolute Gasteiger partial charge is 0.344 e. The van der Waals surface area contributed by atoms with Crippen molar-refractivity contribution in [3.05, 3.63) is 29.8 Å². The molecule has 0 amide bonds. The van der Waals surface area contributed by atoms with Crippen molar-refractivity contribution in [3.63, 3.8) is 0 Å². The first-order valence-corrected chi connectivity index (χ1v) is 12.7. The zero-order valence-electron chi connectivity index (χ0n) is 20.3.